The van der Waals surface area contributed by atoms with Crippen LogP contribution in [0, 0.1) is 11.7 Å². The van der Waals surface area contributed by atoms with Gasteiger partial charge in [-0.25, -0.2) is 4.39 Å². The summed E-state index contributed by atoms with van der Waals surface area (Å²) in [5.74, 6) is -2.72. The molecule has 1 aliphatic rings. The van der Waals surface area contributed by atoms with Crippen LogP contribution in [0.4, 0.5) is 4.39 Å². The van der Waals surface area contributed by atoms with Gasteiger partial charge in [0.2, 0.25) is 11.8 Å². The van der Waals surface area contributed by atoms with Crippen molar-refractivity contribution in [2.75, 3.05) is 6.54 Å². The number of carboxylic acids is 1. The molecule has 2 atom stereocenters. The SMILES string of the molecule is O=C(Cc1cccc(F)c1)NCC(=O)N[C@H]1CCC[C@H]1C(=O)O. The monoisotopic (exact) mass is 322 g/mol. The second-order valence-electron chi connectivity index (χ2n) is 5.63. The van der Waals surface area contributed by atoms with Crippen LogP contribution in [-0.4, -0.2) is 35.5 Å². The van der Waals surface area contributed by atoms with Crippen molar-refractivity contribution in [2.45, 2.75) is 31.7 Å². The molecule has 1 aliphatic carbocycles. The Bertz CT molecular complexity index is 605. The maximum absolute atomic E-state index is 13.0. The Morgan fingerprint density at radius 3 is 2.70 bits per heavy atom. The Balaban J connectivity index is 1.75. The average Bonchev–Trinajstić information content (AvgIpc) is 2.93. The van der Waals surface area contributed by atoms with Gasteiger partial charge in [-0.05, 0) is 30.5 Å². The Morgan fingerprint density at radius 1 is 1.22 bits per heavy atom. The first-order valence-electron chi connectivity index (χ1n) is 7.49. The molecule has 3 N–H and O–H groups in total. The average molecular weight is 322 g/mol. The standard InChI is InChI=1S/C16H19FN2O4/c17-11-4-1-3-10(7-11)8-14(20)18-9-15(21)19-13-6-2-5-12(13)16(22)23/h1,3-4,7,12-13H,2,5-6,8-9H2,(H,18,20)(H,19,21)(H,22,23)/t12-,13+/m1/s1. The van der Waals surface area contributed by atoms with Crippen molar-refractivity contribution < 1.29 is 23.9 Å². The summed E-state index contributed by atoms with van der Waals surface area (Å²) < 4.78 is 13.0. The molecule has 0 unspecified atom stereocenters. The molecule has 2 amide bonds. The summed E-state index contributed by atoms with van der Waals surface area (Å²) in [4.78, 5) is 34.6. The molecule has 124 valence electrons. The van der Waals surface area contributed by atoms with Crippen LogP contribution in [0.15, 0.2) is 24.3 Å². The van der Waals surface area contributed by atoms with Crippen LogP contribution < -0.4 is 10.6 Å². The zero-order valence-electron chi connectivity index (χ0n) is 12.5. The van der Waals surface area contributed by atoms with Gasteiger partial charge in [0, 0.05) is 6.04 Å². The molecule has 1 aromatic rings. The lowest BCUT2D eigenvalue weighted by molar-refractivity contribution is -0.142. The van der Waals surface area contributed by atoms with Crippen LogP contribution in [0.2, 0.25) is 0 Å². The van der Waals surface area contributed by atoms with Crippen molar-refractivity contribution in [1.29, 1.82) is 0 Å². The Morgan fingerprint density at radius 2 is 2.00 bits per heavy atom. The van der Waals surface area contributed by atoms with E-state index in [9.17, 15) is 18.8 Å². The molecule has 1 aromatic carbocycles. The third-order valence-corrected chi connectivity index (χ3v) is 3.88. The highest BCUT2D eigenvalue weighted by atomic mass is 19.1. The maximum Gasteiger partial charge on any atom is 0.308 e. The lowest BCUT2D eigenvalue weighted by Gasteiger charge is -2.17. The number of aliphatic carboxylic acids is 1. The van der Waals surface area contributed by atoms with Crippen molar-refractivity contribution in [1.82, 2.24) is 10.6 Å². The number of amides is 2. The number of halogens is 1. The number of rotatable bonds is 6. The smallest absolute Gasteiger partial charge is 0.308 e. The number of carbonyl (C=O) groups excluding carboxylic acids is 2. The highest BCUT2D eigenvalue weighted by Gasteiger charge is 2.33. The quantitative estimate of drug-likeness (QED) is 0.724. The molecule has 0 radical (unpaired) electrons. The van der Waals surface area contributed by atoms with E-state index in [1.54, 1.807) is 6.07 Å². The minimum Gasteiger partial charge on any atom is -0.481 e. The zero-order valence-corrected chi connectivity index (χ0v) is 12.5. The molecule has 0 saturated heterocycles. The Kier molecular flexibility index (Phi) is 5.67. The Labute approximate surface area is 133 Å². The van der Waals surface area contributed by atoms with E-state index in [1.807, 2.05) is 0 Å². The van der Waals surface area contributed by atoms with E-state index in [0.29, 0.717) is 18.4 Å². The summed E-state index contributed by atoms with van der Waals surface area (Å²) >= 11 is 0. The van der Waals surface area contributed by atoms with Crippen LogP contribution in [0.1, 0.15) is 24.8 Å². The molecule has 7 heteroatoms. The zero-order chi connectivity index (χ0) is 16.8. The van der Waals surface area contributed by atoms with E-state index < -0.39 is 29.5 Å². The van der Waals surface area contributed by atoms with Crippen LogP contribution in [0.5, 0.6) is 0 Å². The number of hydrogen-bond acceptors (Lipinski definition) is 3. The van der Waals surface area contributed by atoms with Gasteiger partial charge in [-0.1, -0.05) is 18.6 Å². The van der Waals surface area contributed by atoms with Crippen LogP contribution in [0.3, 0.4) is 0 Å². The summed E-state index contributed by atoms with van der Waals surface area (Å²) in [5, 5.41) is 14.1. The largest absolute Gasteiger partial charge is 0.481 e. The van der Waals surface area contributed by atoms with Gasteiger partial charge < -0.3 is 15.7 Å². The predicted molar refractivity (Wildman–Crippen MR) is 80.0 cm³/mol. The maximum atomic E-state index is 13.0. The van der Waals surface area contributed by atoms with Crippen molar-refractivity contribution in [3.05, 3.63) is 35.6 Å². The molecule has 1 fully saturated rings. The first-order valence-corrected chi connectivity index (χ1v) is 7.49. The van der Waals surface area contributed by atoms with Crippen LogP contribution >= 0.6 is 0 Å². The van der Waals surface area contributed by atoms with Crippen molar-refractivity contribution in [3.8, 4) is 0 Å². The third kappa shape index (κ3) is 5.05. The number of nitrogens with one attached hydrogen (secondary N) is 2. The summed E-state index contributed by atoms with van der Waals surface area (Å²) in [6.07, 6.45) is 1.91. The fourth-order valence-corrected chi connectivity index (χ4v) is 2.76. The van der Waals surface area contributed by atoms with Gasteiger partial charge in [0.15, 0.2) is 0 Å². The van der Waals surface area contributed by atoms with Gasteiger partial charge in [-0.15, -0.1) is 0 Å². The van der Waals surface area contributed by atoms with E-state index in [-0.39, 0.29) is 19.0 Å². The van der Waals surface area contributed by atoms with Gasteiger partial charge >= 0.3 is 5.97 Å². The fraction of sp³-hybridized carbons (Fsp3) is 0.438. The van der Waals surface area contributed by atoms with Gasteiger partial charge in [-0.3, -0.25) is 14.4 Å². The van der Waals surface area contributed by atoms with E-state index in [2.05, 4.69) is 10.6 Å². The van der Waals surface area contributed by atoms with Crippen molar-refractivity contribution in [2.24, 2.45) is 5.92 Å². The molecular formula is C16H19FN2O4. The number of carbonyl (C=O) groups is 3. The number of benzene rings is 1. The highest BCUT2D eigenvalue weighted by Crippen LogP contribution is 2.25. The first kappa shape index (κ1) is 16.9. The molecule has 23 heavy (non-hydrogen) atoms. The van der Waals surface area contributed by atoms with Crippen LogP contribution in [0.25, 0.3) is 0 Å². The normalized spacial score (nSPS) is 20.0. The van der Waals surface area contributed by atoms with Crippen molar-refractivity contribution in [3.63, 3.8) is 0 Å². The van der Waals surface area contributed by atoms with E-state index >= 15 is 0 Å². The Hall–Kier alpha value is -2.44. The molecule has 0 aliphatic heterocycles. The minimum atomic E-state index is -0.914. The summed E-state index contributed by atoms with van der Waals surface area (Å²) in [5.41, 5.74) is 0.518. The molecule has 0 spiro atoms. The van der Waals surface area contributed by atoms with E-state index in [0.717, 1.165) is 6.42 Å². The lowest BCUT2D eigenvalue weighted by atomic mass is 10.0. The van der Waals surface area contributed by atoms with Gasteiger partial charge in [0.05, 0.1) is 18.9 Å². The fourth-order valence-electron chi connectivity index (χ4n) is 2.76. The first-order chi connectivity index (χ1) is 11.0. The second kappa shape index (κ2) is 7.71. The molecular weight excluding hydrogens is 303 g/mol. The molecule has 1 saturated carbocycles. The molecule has 2 rings (SSSR count). The van der Waals surface area contributed by atoms with E-state index in [4.69, 9.17) is 5.11 Å². The topological polar surface area (TPSA) is 95.5 Å². The molecule has 0 heterocycles. The van der Waals surface area contributed by atoms with Crippen LogP contribution in [-0.2, 0) is 20.8 Å². The van der Waals surface area contributed by atoms with Gasteiger partial charge in [-0.2, -0.15) is 0 Å². The second-order valence-corrected chi connectivity index (χ2v) is 5.63. The third-order valence-electron chi connectivity index (χ3n) is 3.88. The summed E-state index contributed by atoms with van der Waals surface area (Å²) in [6.45, 7) is -0.225. The summed E-state index contributed by atoms with van der Waals surface area (Å²) in [7, 11) is 0. The number of hydrogen-bond donors (Lipinski definition) is 3. The van der Waals surface area contributed by atoms with Crippen molar-refractivity contribution >= 4 is 17.8 Å². The molecule has 6 nitrogen and oxygen atoms in total. The molecule has 0 aromatic heterocycles. The lowest BCUT2D eigenvalue weighted by Crippen LogP contribution is -2.45. The minimum absolute atomic E-state index is 0.0216. The van der Waals surface area contributed by atoms with E-state index in [1.165, 1.54) is 18.2 Å². The van der Waals surface area contributed by atoms with Gasteiger partial charge in [0.25, 0.3) is 0 Å². The predicted octanol–water partition coefficient (Wildman–Crippen LogP) is 0.854. The highest BCUT2D eigenvalue weighted by molar-refractivity contribution is 5.86. The number of carboxylic acid groups (broad SMARTS) is 1. The molecule has 0 bridgehead atoms. The van der Waals surface area contributed by atoms with Gasteiger partial charge in [0.1, 0.15) is 5.82 Å². The summed E-state index contributed by atoms with van der Waals surface area (Å²) in [6, 6.07) is 5.29.